The van der Waals surface area contributed by atoms with Gasteiger partial charge in [-0.2, -0.15) is 0 Å². The predicted octanol–water partition coefficient (Wildman–Crippen LogP) is 8.24. The molecule has 29 heavy (non-hydrogen) atoms. The first-order chi connectivity index (χ1) is 14.1. The molecule has 0 aliphatic carbocycles. The van der Waals surface area contributed by atoms with Crippen molar-refractivity contribution in [2.45, 2.75) is 33.4 Å². The van der Waals surface area contributed by atoms with Crippen LogP contribution in [-0.4, -0.2) is 4.98 Å². The summed E-state index contributed by atoms with van der Waals surface area (Å²) in [4.78, 5) is 8.62. The molecule has 0 aliphatic heterocycles. The zero-order valence-electron chi connectivity index (χ0n) is 16.4. The van der Waals surface area contributed by atoms with Gasteiger partial charge < -0.3 is 4.98 Å². The minimum Gasteiger partial charge on any atom is -0.355 e. The number of benzene rings is 4. The summed E-state index contributed by atoms with van der Waals surface area (Å²) >= 11 is 3.62. The topological polar surface area (TPSA) is 15.8 Å². The summed E-state index contributed by atoms with van der Waals surface area (Å²) in [7, 11) is 0. The van der Waals surface area contributed by atoms with Gasteiger partial charge in [0.15, 0.2) is 0 Å². The second kappa shape index (κ2) is 7.66. The van der Waals surface area contributed by atoms with E-state index < -0.39 is 0 Å². The van der Waals surface area contributed by atoms with Crippen LogP contribution in [0.15, 0.2) is 105 Å². The Morgan fingerprint density at radius 2 is 0.862 bits per heavy atom. The van der Waals surface area contributed by atoms with Crippen molar-refractivity contribution in [2.24, 2.45) is 0 Å². The second-order valence-corrected chi connectivity index (χ2v) is 9.66. The normalized spacial score (nSPS) is 11.4. The zero-order chi connectivity index (χ0) is 19.8. The molecule has 142 valence electrons. The van der Waals surface area contributed by atoms with E-state index in [-0.39, 0.29) is 0 Å². The summed E-state index contributed by atoms with van der Waals surface area (Å²) in [5.74, 6) is 0. The number of hydrogen-bond acceptors (Lipinski definition) is 2. The molecule has 0 amide bonds. The fraction of sp³-hybridized carbons (Fsp3) is 0.0769. The molecule has 0 bridgehead atoms. The lowest BCUT2D eigenvalue weighted by Crippen LogP contribution is -1.77. The van der Waals surface area contributed by atoms with Crippen LogP contribution >= 0.6 is 23.5 Å². The molecule has 1 N–H and O–H groups in total. The number of rotatable bonds is 4. The van der Waals surface area contributed by atoms with Gasteiger partial charge in [0.25, 0.3) is 0 Å². The van der Waals surface area contributed by atoms with E-state index in [0.717, 1.165) is 0 Å². The van der Waals surface area contributed by atoms with Gasteiger partial charge in [-0.15, -0.1) is 0 Å². The van der Waals surface area contributed by atoms with Gasteiger partial charge in [-0.25, -0.2) is 0 Å². The Morgan fingerprint density at radius 3 is 1.28 bits per heavy atom. The summed E-state index contributed by atoms with van der Waals surface area (Å²) < 4.78 is 0. The lowest BCUT2D eigenvalue weighted by atomic mass is 10.1. The van der Waals surface area contributed by atoms with Gasteiger partial charge in [0, 0.05) is 41.4 Å². The van der Waals surface area contributed by atoms with Gasteiger partial charge in [0.2, 0.25) is 0 Å². The number of hydrogen-bond donors (Lipinski definition) is 1. The van der Waals surface area contributed by atoms with E-state index in [1.807, 2.05) is 23.5 Å². The van der Waals surface area contributed by atoms with Crippen LogP contribution in [0.1, 0.15) is 11.1 Å². The smallest absolute Gasteiger partial charge is 0.0465 e. The van der Waals surface area contributed by atoms with Crippen LogP contribution in [-0.2, 0) is 0 Å². The molecule has 5 aromatic rings. The summed E-state index contributed by atoms with van der Waals surface area (Å²) in [6, 6.07) is 30.8. The highest BCUT2D eigenvalue weighted by Gasteiger charge is 2.08. The minimum atomic E-state index is 1.19. The molecule has 0 saturated carbocycles. The molecule has 4 aromatic carbocycles. The van der Waals surface area contributed by atoms with Gasteiger partial charge in [-0.05, 0) is 74.5 Å². The van der Waals surface area contributed by atoms with E-state index in [2.05, 4.69) is 104 Å². The molecule has 0 fully saturated rings. The maximum atomic E-state index is 3.56. The third-order valence-electron chi connectivity index (χ3n) is 5.05. The number of nitrogens with one attached hydrogen (secondary N) is 1. The van der Waals surface area contributed by atoms with Crippen molar-refractivity contribution < 1.29 is 0 Å². The summed E-state index contributed by atoms with van der Waals surface area (Å²) in [5.41, 5.74) is 4.96. The molecule has 0 saturated heterocycles. The maximum absolute atomic E-state index is 3.56. The first kappa shape index (κ1) is 18.4. The van der Waals surface area contributed by atoms with E-state index in [1.165, 1.54) is 52.5 Å². The van der Waals surface area contributed by atoms with Crippen molar-refractivity contribution in [2.75, 3.05) is 0 Å². The average Bonchev–Trinajstić information content (AvgIpc) is 3.09. The average molecular weight is 412 g/mol. The van der Waals surface area contributed by atoms with Crippen LogP contribution < -0.4 is 0 Å². The lowest BCUT2D eigenvalue weighted by Gasteiger charge is -2.04. The maximum Gasteiger partial charge on any atom is 0.0465 e. The van der Waals surface area contributed by atoms with Crippen LogP contribution in [0.5, 0.6) is 0 Å². The molecular formula is C26H21NS2. The number of aryl methyl sites for hydroxylation is 2. The SMILES string of the molecule is Cc1ccc(Sc2ccc3[nH]c4ccc(Sc5ccc(C)cc5)cc4c3c2)cc1. The van der Waals surface area contributed by atoms with Crippen molar-refractivity contribution >= 4 is 45.3 Å². The van der Waals surface area contributed by atoms with E-state index in [1.54, 1.807) is 0 Å². The van der Waals surface area contributed by atoms with E-state index >= 15 is 0 Å². The first-order valence-electron chi connectivity index (χ1n) is 9.69. The summed E-state index contributed by atoms with van der Waals surface area (Å²) in [6.45, 7) is 4.25. The molecule has 0 unspecified atom stereocenters. The van der Waals surface area contributed by atoms with Gasteiger partial charge in [-0.3, -0.25) is 0 Å². The van der Waals surface area contributed by atoms with Gasteiger partial charge in [0.05, 0.1) is 0 Å². The van der Waals surface area contributed by atoms with Crippen molar-refractivity contribution in [3.05, 3.63) is 96.1 Å². The Kier molecular flexibility index (Phi) is 4.86. The Labute approximate surface area is 179 Å². The predicted molar refractivity (Wildman–Crippen MR) is 126 cm³/mol. The molecule has 5 rings (SSSR count). The Balaban J connectivity index is 1.50. The van der Waals surface area contributed by atoms with Gasteiger partial charge in [-0.1, -0.05) is 58.9 Å². The highest BCUT2D eigenvalue weighted by molar-refractivity contribution is 7.99. The van der Waals surface area contributed by atoms with E-state index in [9.17, 15) is 0 Å². The monoisotopic (exact) mass is 411 g/mol. The van der Waals surface area contributed by atoms with Gasteiger partial charge >= 0.3 is 0 Å². The number of aromatic amines is 1. The van der Waals surface area contributed by atoms with Crippen molar-refractivity contribution in [1.29, 1.82) is 0 Å². The lowest BCUT2D eigenvalue weighted by molar-refractivity contribution is 1.36. The van der Waals surface area contributed by atoms with Crippen LogP contribution in [0.3, 0.4) is 0 Å². The number of H-pyrrole nitrogens is 1. The van der Waals surface area contributed by atoms with Crippen LogP contribution in [0.25, 0.3) is 21.8 Å². The highest BCUT2D eigenvalue weighted by Crippen LogP contribution is 2.36. The third-order valence-corrected chi connectivity index (χ3v) is 7.05. The largest absolute Gasteiger partial charge is 0.355 e. The first-order valence-corrected chi connectivity index (χ1v) is 11.3. The molecule has 1 heterocycles. The molecule has 0 aliphatic rings. The van der Waals surface area contributed by atoms with Crippen molar-refractivity contribution in [3.63, 3.8) is 0 Å². The Morgan fingerprint density at radius 1 is 0.483 bits per heavy atom. The second-order valence-electron chi connectivity index (χ2n) is 7.37. The molecule has 0 radical (unpaired) electrons. The van der Waals surface area contributed by atoms with E-state index in [4.69, 9.17) is 0 Å². The molecular weight excluding hydrogens is 390 g/mol. The molecule has 0 atom stereocenters. The fourth-order valence-corrected chi connectivity index (χ4v) is 5.18. The Hall–Kier alpha value is -2.62. The van der Waals surface area contributed by atoms with Crippen LogP contribution in [0, 0.1) is 13.8 Å². The molecule has 1 nitrogen and oxygen atoms in total. The highest BCUT2D eigenvalue weighted by atomic mass is 32.2. The fourth-order valence-electron chi connectivity index (χ4n) is 3.47. The van der Waals surface area contributed by atoms with Crippen LogP contribution in [0.4, 0.5) is 0 Å². The quantitative estimate of drug-likeness (QED) is 0.320. The molecule has 0 spiro atoms. The number of aromatic nitrogens is 1. The third kappa shape index (κ3) is 3.93. The Bertz CT molecular complexity index is 1200. The number of fused-ring (bicyclic) bond motifs is 3. The van der Waals surface area contributed by atoms with Crippen molar-refractivity contribution in [3.8, 4) is 0 Å². The minimum absolute atomic E-state index is 1.19. The molecule has 3 heteroatoms. The van der Waals surface area contributed by atoms with Gasteiger partial charge in [0.1, 0.15) is 0 Å². The zero-order valence-corrected chi connectivity index (χ0v) is 18.0. The molecule has 1 aromatic heterocycles. The van der Waals surface area contributed by atoms with Crippen LogP contribution in [0.2, 0.25) is 0 Å². The van der Waals surface area contributed by atoms with Crippen molar-refractivity contribution in [1.82, 2.24) is 4.98 Å². The van der Waals surface area contributed by atoms with E-state index in [0.29, 0.717) is 0 Å². The summed E-state index contributed by atoms with van der Waals surface area (Å²) in [5, 5.41) is 2.56. The standard InChI is InChI=1S/C26H21NS2/c1-17-3-7-19(8-4-17)28-21-11-13-25-23(15-21)24-16-22(12-14-26(24)27-25)29-20-9-5-18(2)6-10-20/h3-16,27H,1-2H3. The summed E-state index contributed by atoms with van der Waals surface area (Å²) in [6.07, 6.45) is 0.